The molecule has 4 nitrogen and oxygen atoms in total. The van der Waals surface area contributed by atoms with Gasteiger partial charge in [-0.3, -0.25) is 9.78 Å². The number of nitrogens with one attached hydrogen (secondary N) is 1. The molecule has 80 valence electrons. The number of rotatable bonds is 4. The predicted molar refractivity (Wildman–Crippen MR) is 55.3 cm³/mol. The second-order valence-electron chi connectivity index (χ2n) is 4.06. The third kappa shape index (κ3) is 2.33. The molecule has 0 unspecified atom stereocenters. The van der Waals surface area contributed by atoms with Crippen LogP contribution in [0.1, 0.15) is 23.3 Å². The van der Waals surface area contributed by atoms with Crippen molar-refractivity contribution in [1.29, 1.82) is 0 Å². The number of aromatic nitrogens is 1. The first-order valence-electron chi connectivity index (χ1n) is 5.06. The molecule has 1 aromatic rings. The summed E-state index contributed by atoms with van der Waals surface area (Å²) in [4.78, 5) is 15.5. The summed E-state index contributed by atoms with van der Waals surface area (Å²) in [6, 6.07) is 5.22. The Morgan fingerprint density at radius 3 is 2.87 bits per heavy atom. The molecule has 1 aliphatic rings. The van der Waals surface area contributed by atoms with Crippen LogP contribution in [0, 0.1) is 5.41 Å². The van der Waals surface area contributed by atoms with Crippen LogP contribution in [0.25, 0.3) is 0 Å². The van der Waals surface area contributed by atoms with Crippen molar-refractivity contribution in [3.63, 3.8) is 0 Å². The monoisotopic (exact) mass is 206 g/mol. The van der Waals surface area contributed by atoms with Crippen molar-refractivity contribution in [2.45, 2.75) is 12.8 Å². The van der Waals surface area contributed by atoms with Crippen molar-refractivity contribution in [3.8, 4) is 0 Å². The molecule has 0 aliphatic heterocycles. The highest BCUT2D eigenvalue weighted by Gasteiger charge is 2.42. The number of hydrogen-bond donors (Lipinski definition) is 2. The van der Waals surface area contributed by atoms with Crippen LogP contribution in [0.2, 0.25) is 0 Å². The molecule has 1 heterocycles. The third-order valence-electron chi connectivity index (χ3n) is 2.81. The smallest absolute Gasteiger partial charge is 0.269 e. The minimum atomic E-state index is -0.171. The van der Waals surface area contributed by atoms with Crippen LogP contribution in [-0.2, 0) is 0 Å². The summed E-state index contributed by atoms with van der Waals surface area (Å²) in [5.41, 5.74) is 0.371. The number of aliphatic hydroxyl groups excluding tert-OH is 1. The number of carbonyl (C=O) groups is 1. The Balaban J connectivity index is 1.88. The normalized spacial score (nSPS) is 17.1. The fraction of sp³-hybridized carbons (Fsp3) is 0.455. The summed E-state index contributed by atoms with van der Waals surface area (Å²) in [7, 11) is 0. The molecular formula is C11H14N2O2. The number of carbonyl (C=O) groups excluding carboxylic acids is 1. The van der Waals surface area contributed by atoms with Crippen LogP contribution in [0.3, 0.4) is 0 Å². The van der Waals surface area contributed by atoms with Gasteiger partial charge in [-0.1, -0.05) is 6.07 Å². The van der Waals surface area contributed by atoms with Crippen molar-refractivity contribution in [1.82, 2.24) is 10.3 Å². The van der Waals surface area contributed by atoms with Gasteiger partial charge in [0.25, 0.3) is 5.91 Å². The SMILES string of the molecule is O=C(NCC1(CO)CC1)c1ccccn1. The number of nitrogens with zero attached hydrogens (tertiary/aromatic N) is 1. The first kappa shape index (κ1) is 10.1. The highest BCUT2D eigenvalue weighted by Crippen LogP contribution is 2.44. The predicted octanol–water partition coefficient (Wildman–Crippen LogP) is 0.584. The topological polar surface area (TPSA) is 62.2 Å². The number of hydrogen-bond acceptors (Lipinski definition) is 3. The molecule has 0 radical (unpaired) electrons. The van der Waals surface area contributed by atoms with Gasteiger partial charge in [-0.2, -0.15) is 0 Å². The molecule has 0 spiro atoms. The van der Waals surface area contributed by atoms with Crippen LogP contribution in [0.15, 0.2) is 24.4 Å². The summed E-state index contributed by atoms with van der Waals surface area (Å²) >= 11 is 0. The molecule has 4 heteroatoms. The lowest BCUT2D eigenvalue weighted by Gasteiger charge is -2.12. The van der Waals surface area contributed by atoms with Gasteiger partial charge in [-0.25, -0.2) is 0 Å². The highest BCUT2D eigenvalue weighted by atomic mass is 16.3. The average Bonchev–Trinajstić information content (AvgIpc) is 3.08. The number of amides is 1. The van der Waals surface area contributed by atoms with Crippen LogP contribution >= 0.6 is 0 Å². The van der Waals surface area contributed by atoms with Crippen LogP contribution < -0.4 is 5.32 Å². The second kappa shape index (κ2) is 3.98. The van der Waals surface area contributed by atoms with E-state index in [4.69, 9.17) is 5.11 Å². The van der Waals surface area contributed by atoms with E-state index in [2.05, 4.69) is 10.3 Å². The van der Waals surface area contributed by atoms with Crippen molar-refractivity contribution in [2.75, 3.05) is 13.2 Å². The van der Waals surface area contributed by atoms with Gasteiger partial charge < -0.3 is 10.4 Å². The Morgan fingerprint density at radius 1 is 1.53 bits per heavy atom. The van der Waals surface area contributed by atoms with E-state index >= 15 is 0 Å². The molecule has 1 aliphatic carbocycles. The van der Waals surface area contributed by atoms with Crippen LogP contribution in [0.4, 0.5) is 0 Å². The number of pyridine rings is 1. The minimum absolute atomic E-state index is 0.0512. The fourth-order valence-corrected chi connectivity index (χ4v) is 1.42. The molecule has 1 saturated carbocycles. The summed E-state index contributed by atoms with van der Waals surface area (Å²) in [5, 5.41) is 11.9. The molecule has 1 aromatic heterocycles. The van der Waals surface area contributed by atoms with Gasteiger partial charge in [0.05, 0.1) is 6.61 Å². The molecule has 0 aromatic carbocycles. The van der Waals surface area contributed by atoms with E-state index in [-0.39, 0.29) is 17.9 Å². The first-order chi connectivity index (χ1) is 7.26. The Hall–Kier alpha value is -1.42. The van der Waals surface area contributed by atoms with E-state index in [9.17, 15) is 4.79 Å². The van der Waals surface area contributed by atoms with E-state index < -0.39 is 0 Å². The zero-order valence-corrected chi connectivity index (χ0v) is 8.44. The quantitative estimate of drug-likeness (QED) is 0.757. The van der Waals surface area contributed by atoms with E-state index in [1.54, 1.807) is 24.4 Å². The van der Waals surface area contributed by atoms with Crippen molar-refractivity contribution in [2.24, 2.45) is 5.41 Å². The first-order valence-corrected chi connectivity index (χ1v) is 5.06. The lowest BCUT2D eigenvalue weighted by Crippen LogP contribution is -2.32. The summed E-state index contributed by atoms with van der Waals surface area (Å²) in [6.45, 7) is 0.689. The molecule has 15 heavy (non-hydrogen) atoms. The molecule has 2 rings (SSSR count). The minimum Gasteiger partial charge on any atom is -0.396 e. The largest absolute Gasteiger partial charge is 0.396 e. The lowest BCUT2D eigenvalue weighted by molar-refractivity contribution is 0.0930. The zero-order valence-electron chi connectivity index (χ0n) is 8.44. The van der Waals surface area contributed by atoms with Crippen molar-refractivity contribution in [3.05, 3.63) is 30.1 Å². The van der Waals surface area contributed by atoms with Crippen molar-refractivity contribution >= 4 is 5.91 Å². The summed E-state index contributed by atoms with van der Waals surface area (Å²) in [5.74, 6) is -0.171. The van der Waals surface area contributed by atoms with Crippen molar-refractivity contribution < 1.29 is 9.90 Å². The molecule has 2 N–H and O–H groups in total. The van der Waals surface area contributed by atoms with Gasteiger partial charge >= 0.3 is 0 Å². The Labute approximate surface area is 88.3 Å². The van der Waals surface area contributed by atoms with Gasteiger partial charge in [0.15, 0.2) is 0 Å². The maximum absolute atomic E-state index is 11.6. The Bertz CT molecular complexity index is 347. The summed E-state index contributed by atoms with van der Waals surface area (Å²) in [6.07, 6.45) is 3.58. The van der Waals surface area contributed by atoms with Gasteiger partial charge in [0.2, 0.25) is 0 Å². The van der Waals surface area contributed by atoms with Gasteiger partial charge in [-0.05, 0) is 25.0 Å². The maximum Gasteiger partial charge on any atom is 0.269 e. The van der Waals surface area contributed by atoms with E-state index in [0.29, 0.717) is 12.2 Å². The molecule has 1 fully saturated rings. The molecule has 0 atom stereocenters. The van der Waals surface area contributed by atoms with E-state index in [1.165, 1.54) is 0 Å². The van der Waals surface area contributed by atoms with E-state index in [1.807, 2.05) is 0 Å². The zero-order chi connectivity index (χ0) is 10.7. The van der Waals surface area contributed by atoms with E-state index in [0.717, 1.165) is 12.8 Å². The Kier molecular flexibility index (Phi) is 2.68. The highest BCUT2D eigenvalue weighted by molar-refractivity contribution is 5.92. The standard InChI is InChI=1S/C11H14N2O2/c14-8-11(4-5-11)7-13-10(15)9-3-1-2-6-12-9/h1-3,6,14H,4-5,7-8H2,(H,13,15). The van der Waals surface area contributed by atoms with Crippen LogP contribution in [0.5, 0.6) is 0 Å². The third-order valence-corrected chi connectivity index (χ3v) is 2.81. The van der Waals surface area contributed by atoms with Gasteiger partial charge in [0, 0.05) is 18.2 Å². The number of aliphatic hydroxyl groups is 1. The molecule has 0 saturated heterocycles. The Morgan fingerprint density at radius 2 is 2.33 bits per heavy atom. The maximum atomic E-state index is 11.6. The lowest BCUT2D eigenvalue weighted by atomic mass is 10.1. The summed E-state index contributed by atoms with van der Waals surface area (Å²) < 4.78 is 0. The van der Waals surface area contributed by atoms with Gasteiger partial charge in [-0.15, -0.1) is 0 Å². The second-order valence-corrected chi connectivity index (χ2v) is 4.06. The van der Waals surface area contributed by atoms with Gasteiger partial charge in [0.1, 0.15) is 5.69 Å². The molecule has 0 bridgehead atoms. The molecule has 1 amide bonds. The average molecular weight is 206 g/mol. The molecular weight excluding hydrogens is 192 g/mol. The van der Waals surface area contributed by atoms with Crippen LogP contribution in [-0.4, -0.2) is 29.1 Å². The fourth-order valence-electron chi connectivity index (χ4n) is 1.42.